The Morgan fingerprint density at radius 3 is 2.45 bits per heavy atom. The van der Waals surface area contributed by atoms with E-state index >= 15 is 0 Å². The summed E-state index contributed by atoms with van der Waals surface area (Å²) in [6.07, 6.45) is 0. The van der Waals surface area contributed by atoms with Crippen LogP contribution in [-0.2, 0) is 20.9 Å². The SMILES string of the molecule is COCC(N)C(=O)N(CC(N)=O)Cc1ccc(Br)cc1. The summed E-state index contributed by atoms with van der Waals surface area (Å²) in [5.41, 5.74) is 11.8. The highest BCUT2D eigenvalue weighted by molar-refractivity contribution is 9.10. The molecule has 0 aliphatic carbocycles. The Kier molecular flexibility index (Phi) is 6.63. The lowest BCUT2D eigenvalue weighted by atomic mass is 10.2. The molecule has 0 radical (unpaired) electrons. The number of carbonyl (C=O) groups is 2. The second-order valence-corrected chi connectivity index (χ2v) is 5.26. The van der Waals surface area contributed by atoms with Crippen LogP contribution < -0.4 is 11.5 Å². The Balaban J connectivity index is 2.80. The van der Waals surface area contributed by atoms with Gasteiger partial charge in [-0.2, -0.15) is 0 Å². The van der Waals surface area contributed by atoms with Gasteiger partial charge in [0.1, 0.15) is 6.04 Å². The first-order chi connectivity index (χ1) is 9.43. The van der Waals surface area contributed by atoms with E-state index in [1.807, 2.05) is 24.3 Å². The molecule has 1 aromatic carbocycles. The first-order valence-electron chi connectivity index (χ1n) is 6.00. The molecule has 110 valence electrons. The minimum atomic E-state index is -0.810. The van der Waals surface area contributed by atoms with Gasteiger partial charge >= 0.3 is 0 Å². The Morgan fingerprint density at radius 2 is 1.95 bits per heavy atom. The van der Waals surface area contributed by atoms with Crippen molar-refractivity contribution in [1.82, 2.24) is 4.90 Å². The van der Waals surface area contributed by atoms with E-state index in [4.69, 9.17) is 16.2 Å². The van der Waals surface area contributed by atoms with E-state index in [1.165, 1.54) is 12.0 Å². The zero-order valence-electron chi connectivity index (χ0n) is 11.2. The fourth-order valence-corrected chi connectivity index (χ4v) is 1.96. The van der Waals surface area contributed by atoms with Gasteiger partial charge in [-0.05, 0) is 17.7 Å². The van der Waals surface area contributed by atoms with Crippen LogP contribution in [0.25, 0.3) is 0 Å². The predicted molar refractivity (Wildman–Crippen MR) is 78.6 cm³/mol. The normalized spacial score (nSPS) is 11.9. The number of nitrogens with two attached hydrogens (primary N) is 2. The van der Waals surface area contributed by atoms with E-state index in [2.05, 4.69) is 15.9 Å². The first kappa shape index (κ1) is 16.6. The van der Waals surface area contributed by atoms with Crippen LogP contribution in [0.2, 0.25) is 0 Å². The number of rotatable bonds is 7. The minimum Gasteiger partial charge on any atom is -0.383 e. The number of hydrogen-bond acceptors (Lipinski definition) is 4. The number of benzene rings is 1. The molecule has 0 spiro atoms. The molecule has 4 N–H and O–H groups in total. The lowest BCUT2D eigenvalue weighted by molar-refractivity contribution is -0.137. The van der Waals surface area contributed by atoms with Crippen LogP contribution in [0.4, 0.5) is 0 Å². The standard InChI is InChI=1S/C13H18BrN3O3/c1-20-8-11(15)13(19)17(7-12(16)18)6-9-2-4-10(14)5-3-9/h2-5,11H,6-8,15H2,1H3,(H2,16,18). The lowest BCUT2D eigenvalue weighted by Gasteiger charge is -2.24. The van der Waals surface area contributed by atoms with Crippen molar-refractivity contribution in [3.63, 3.8) is 0 Å². The molecule has 20 heavy (non-hydrogen) atoms. The Labute approximate surface area is 126 Å². The number of methoxy groups -OCH3 is 1. The molecule has 6 nitrogen and oxygen atoms in total. The summed E-state index contributed by atoms with van der Waals surface area (Å²) in [5.74, 6) is -0.950. The predicted octanol–water partition coefficient (Wildman–Crippen LogP) is 0.237. The summed E-state index contributed by atoms with van der Waals surface area (Å²) in [5, 5.41) is 0. The number of nitrogens with zero attached hydrogens (tertiary/aromatic N) is 1. The van der Waals surface area contributed by atoms with E-state index in [-0.39, 0.29) is 25.6 Å². The maximum atomic E-state index is 12.1. The molecule has 1 aromatic rings. The number of ether oxygens (including phenoxy) is 1. The van der Waals surface area contributed by atoms with E-state index in [0.29, 0.717) is 0 Å². The van der Waals surface area contributed by atoms with Crippen LogP contribution >= 0.6 is 15.9 Å². The second-order valence-electron chi connectivity index (χ2n) is 4.35. The third-order valence-electron chi connectivity index (χ3n) is 2.61. The zero-order valence-corrected chi connectivity index (χ0v) is 12.8. The molecule has 0 aliphatic rings. The van der Waals surface area contributed by atoms with Gasteiger partial charge in [0, 0.05) is 18.1 Å². The smallest absolute Gasteiger partial charge is 0.242 e. The van der Waals surface area contributed by atoms with Crippen LogP contribution in [0.15, 0.2) is 28.7 Å². The molecular weight excluding hydrogens is 326 g/mol. The maximum absolute atomic E-state index is 12.1. The van der Waals surface area contributed by atoms with Crippen molar-refractivity contribution >= 4 is 27.7 Å². The highest BCUT2D eigenvalue weighted by Crippen LogP contribution is 2.12. The fourth-order valence-electron chi connectivity index (χ4n) is 1.70. The largest absolute Gasteiger partial charge is 0.383 e. The van der Waals surface area contributed by atoms with Gasteiger partial charge in [0.15, 0.2) is 0 Å². The topological polar surface area (TPSA) is 98.7 Å². The third kappa shape index (κ3) is 5.28. The molecule has 1 atom stereocenters. The minimum absolute atomic E-state index is 0.0917. The van der Waals surface area contributed by atoms with Crippen LogP contribution in [0.5, 0.6) is 0 Å². The molecule has 0 aliphatic heterocycles. The molecule has 1 unspecified atom stereocenters. The summed E-state index contributed by atoms with van der Waals surface area (Å²) in [4.78, 5) is 24.6. The van der Waals surface area contributed by atoms with Crippen molar-refractivity contribution in [2.45, 2.75) is 12.6 Å². The van der Waals surface area contributed by atoms with E-state index < -0.39 is 11.9 Å². The Hall–Kier alpha value is -1.44. The lowest BCUT2D eigenvalue weighted by Crippen LogP contribution is -2.48. The summed E-state index contributed by atoms with van der Waals surface area (Å²) in [6, 6.07) is 6.62. The summed E-state index contributed by atoms with van der Waals surface area (Å²) < 4.78 is 5.79. The zero-order chi connectivity index (χ0) is 15.1. The molecule has 0 aromatic heterocycles. The van der Waals surface area contributed by atoms with Gasteiger partial charge in [-0.15, -0.1) is 0 Å². The van der Waals surface area contributed by atoms with Crippen molar-refractivity contribution in [2.24, 2.45) is 11.5 Å². The van der Waals surface area contributed by atoms with Crippen molar-refractivity contribution in [1.29, 1.82) is 0 Å². The Bertz CT molecular complexity index is 464. The highest BCUT2D eigenvalue weighted by atomic mass is 79.9. The van der Waals surface area contributed by atoms with E-state index in [9.17, 15) is 9.59 Å². The Morgan fingerprint density at radius 1 is 1.35 bits per heavy atom. The molecule has 0 fully saturated rings. The molecule has 0 saturated carbocycles. The molecule has 7 heteroatoms. The summed E-state index contributed by atoms with van der Waals surface area (Å²) in [7, 11) is 1.46. The fraction of sp³-hybridized carbons (Fsp3) is 0.385. The first-order valence-corrected chi connectivity index (χ1v) is 6.79. The number of hydrogen-bond donors (Lipinski definition) is 2. The van der Waals surface area contributed by atoms with Crippen LogP contribution in [0.3, 0.4) is 0 Å². The third-order valence-corrected chi connectivity index (χ3v) is 3.14. The molecule has 2 amide bonds. The van der Waals surface area contributed by atoms with Gasteiger partial charge in [0.2, 0.25) is 11.8 Å². The van der Waals surface area contributed by atoms with Gasteiger partial charge in [0.25, 0.3) is 0 Å². The van der Waals surface area contributed by atoms with Crippen LogP contribution in [-0.4, -0.2) is 43.0 Å². The van der Waals surface area contributed by atoms with Crippen LogP contribution in [0.1, 0.15) is 5.56 Å². The van der Waals surface area contributed by atoms with E-state index in [0.717, 1.165) is 10.0 Å². The maximum Gasteiger partial charge on any atom is 0.242 e. The second kappa shape index (κ2) is 7.98. The van der Waals surface area contributed by atoms with Crippen LogP contribution in [0, 0.1) is 0 Å². The molecule has 0 saturated heterocycles. The molecule has 0 bridgehead atoms. The molecule has 1 rings (SSSR count). The van der Waals surface area contributed by atoms with Gasteiger partial charge in [-0.25, -0.2) is 0 Å². The van der Waals surface area contributed by atoms with Crippen molar-refractivity contribution in [3.05, 3.63) is 34.3 Å². The van der Waals surface area contributed by atoms with Gasteiger partial charge in [-0.1, -0.05) is 28.1 Å². The summed E-state index contributed by atoms with van der Waals surface area (Å²) in [6.45, 7) is 0.188. The quantitative estimate of drug-likeness (QED) is 0.740. The summed E-state index contributed by atoms with van der Waals surface area (Å²) >= 11 is 3.33. The average molecular weight is 344 g/mol. The molecule has 0 heterocycles. The van der Waals surface area contributed by atoms with E-state index in [1.54, 1.807) is 0 Å². The van der Waals surface area contributed by atoms with Gasteiger partial charge in [0.05, 0.1) is 13.2 Å². The number of amides is 2. The number of halogens is 1. The molecular formula is C13H18BrN3O3. The van der Waals surface area contributed by atoms with Crippen molar-refractivity contribution in [2.75, 3.05) is 20.3 Å². The number of carbonyl (C=O) groups excluding carboxylic acids is 2. The highest BCUT2D eigenvalue weighted by Gasteiger charge is 2.22. The van der Waals surface area contributed by atoms with Crippen molar-refractivity contribution in [3.8, 4) is 0 Å². The van der Waals surface area contributed by atoms with Crippen molar-refractivity contribution < 1.29 is 14.3 Å². The number of primary amides is 1. The monoisotopic (exact) mass is 343 g/mol. The van der Waals surface area contributed by atoms with Gasteiger partial charge < -0.3 is 21.1 Å². The average Bonchev–Trinajstić information content (AvgIpc) is 2.39. The van der Waals surface area contributed by atoms with Gasteiger partial charge in [-0.3, -0.25) is 9.59 Å².